The third-order valence-corrected chi connectivity index (χ3v) is 6.80. The predicted molar refractivity (Wildman–Crippen MR) is 122 cm³/mol. The van der Waals surface area contributed by atoms with Gasteiger partial charge in [-0.15, -0.1) is 0 Å². The molecule has 9 heteroatoms. The van der Waals surface area contributed by atoms with E-state index < -0.39 is 23.3 Å². The molecule has 0 bridgehead atoms. The van der Waals surface area contributed by atoms with Crippen LogP contribution < -0.4 is 0 Å². The molecule has 5 nitrogen and oxygen atoms in total. The fourth-order valence-electron chi connectivity index (χ4n) is 4.64. The first-order valence-corrected chi connectivity index (χ1v) is 11.3. The zero-order valence-corrected chi connectivity index (χ0v) is 19.0. The Balaban J connectivity index is 1.47. The van der Waals surface area contributed by atoms with Gasteiger partial charge in [0.15, 0.2) is 11.3 Å². The summed E-state index contributed by atoms with van der Waals surface area (Å²) in [5, 5.41) is -0.142. The lowest BCUT2D eigenvalue weighted by atomic mass is 9.87. The maximum atomic E-state index is 13.9. The highest BCUT2D eigenvalue weighted by molar-refractivity contribution is 6.33. The van der Waals surface area contributed by atoms with Gasteiger partial charge in [-0.3, -0.25) is 9.20 Å². The van der Waals surface area contributed by atoms with Crippen LogP contribution in [0.3, 0.4) is 0 Å². The monoisotopic (exact) mass is 487 g/mol. The molecule has 0 spiro atoms. The number of nitrogens with zero attached hydrogens (tertiary/aromatic N) is 3. The Bertz CT molecular complexity index is 1350. The maximum Gasteiger partial charge on any atom is 0.420 e. The van der Waals surface area contributed by atoms with Crippen LogP contribution in [-0.4, -0.2) is 33.3 Å². The summed E-state index contributed by atoms with van der Waals surface area (Å²) in [6.07, 6.45) is 1.00. The summed E-state index contributed by atoms with van der Waals surface area (Å²) in [7, 11) is 0. The van der Waals surface area contributed by atoms with E-state index in [1.54, 1.807) is 11.0 Å². The van der Waals surface area contributed by atoms with Crippen molar-refractivity contribution in [1.82, 2.24) is 14.3 Å². The molecule has 1 aliphatic heterocycles. The van der Waals surface area contributed by atoms with Gasteiger partial charge < -0.3 is 9.32 Å². The number of rotatable bonds is 3. The van der Waals surface area contributed by atoms with E-state index in [2.05, 4.69) is 24.0 Å². The molecule has 3 aromatic heterocycles. The standard InChI is InChI=1S/C25H21ClF3N3O2/c1-15-4-2-3-5-19(15)16-6-9-31(10-7-16)24(33)21-22(26)32-13-18(17-8-11-34-14-17)12-20(23(32)30-21)25(27,28)29/h2-5,8,11-14,16H,6-7,9-10H2,1H3. The quantitative estimate of drug-likeness (QED) is 0.327. The third kappa shape index (κ3) is 3.96. The number of aromatic nitrogens is 2. The number of likely N-dealkylation sites (tertiary alicyclic amines) is 1. The highest BCUT2D eigenvalue weighted by Gasteiger charge is 2.37. The molecule has 1 saturated heterocycles. The lowest BCUT2D eigenvalue weighted by Gasteiger charge is -2.32. The zero-order chi connectivity index (χ0) is 24.0. The third-order valence-electron chi connectivity index (χ3n) is 6.43. The molecule has 1 aromatic carbocycles. The number of benzene rings is 1. The van der Waals surface area contributed by atoms with Crippen LogP contribution in [0, 0.1) is 6.92 Å². The number of amides is 1. The second-order valence-electron chi connectivity index (χ2n) is 8.52. The Morgan fingerprint density at radius 3 is 2.53 bits per heavy atom. The molecule has 1 aliphatic rings. The number of carbonyl (C=O) groups is 1. The Morgan fingerprint density at radius 2 is 1.88 bits per heavy atom. The van der Waals surface area contributed by atoms with E-state index in [0.717, 1.165) is 23.3 Å². The Hall–Kier alpha value is -3.26. The van der Waals surface area contributed by atoms with Gasteiger partial charge in [0.25, 0.3) is 5.91 Å². The van der Waals surface area contributed by atoms with Gasteiger partial charge in [-0.05, 0) is 48.9 Å². The molecule has 5 rings (SSSR count). The second kappa shape index (κ2) is 8.51. The van der Waals surface area contributed by atoms with E-state index in [9.17, 15) is 18.0 Å². The minimum absolute atomic E-state index is 0.142. The average Bonchev–Trinajstić information content (AvgIpc) is 3.47. The SMILES string of the molecule is Cc1ccccc1C1CCN(C(=O)c2nc3c(C(F)(F)F)cc(-c4ccoc4)cn3c2Cl)CC1. The summed E-state index contributed by atoms with van der Waals surface area (Å²) in [4.78, 5) is 18.9. The van der Waals surface area contributed by atoms with Crippen LogP contribution in [0.5, 0.6) is 0 Å². The molecule has 1 amide bonds. The molecular weight excluding hydrogens is 467 g/mol. The Kier molecular flexibility index (Phi) is 5.64. The number of halogens is 4. The fourth-order valence-corrected chi connectivity index (χ4v) is 4.89. The van der Waals surface area contributed by atoms with Crippen LogP contribution in [0.1, 0.15) is 45.9 Å². The summed E-state index contributed by atoms with van der Waals surface area (Å²) >= 11 is 6.43. The maximum absolute atomic E-state index is 13.9. The van der Waals surface area contributed by atoms with Gasteiger partial charge in [0.05, 0.1) is 18.1 Å². The van der Waals surface area contributed by atoms with Crippen molar-refractivity contribution in [2.24, 2.45) is 0 Å². The van der Waals surface area contributed by atoms with Crippen molar-refractivity contribution in [2.45, 2.75) is 31.9 Å². The van der Waals surface area contributed by atoms with Crippen LogP contribution in [0.15, 0.2) is 59.5 Å². The van der Waals surface area contributed by atoms with Crippen LogP contribution in [0.2, 0.25) is 5.15 Å². The van der Waals surface area contributed by atoms with Crippen molar-refractivity contribution in [3.8, 4) is 11.1 Å². The van der Waals surface area contributed by atoms with Crippen molar-refractivity contribution < 1.29 is 22.4 Å². The number of carbonyl (C=O) groups excluding carboxylic acids is 1. The second-order valence-corrected chi connectivity index (χ2v) is 8.88. The molecule has 4 aromatic rings. The molecule has 0 radical (unpaired) electrons. The highest BCUT2D eigenvalue weighted by Crippen LogP contribution is 2.38. The zero-order valence-electron chi connectivity index (χ0n) is 18.3. The van der Waals surface area contributed by atoms with Gasteiger partial charge >= 0.3 is 6.18 Å². The first-order chi connectivity index (χ1) is 16.2. The molecule has 0 aliphatic carbocycles. The van der Waals surface area contributed by atoms with Crippen molar-refractivity contribution in [2.75, 3.05) is 13.1 Å². The van der Waals surface area contributed by atoms with Gasteiger partial charge in [-0.2, -0.15) is 13.2 Å². The smallest absolute Gasteiger partial charge is 0.420 e. The van der Waals surface area contributed by atoms with E-state index >= 15 is 0 Å². The number of furan rings is 1. The van der Waals surface area contributed by atoms with Crippen LogP contribution in [0.4, 0.5) is 13.2 Å². The van der Waals surface area contributed by atoms with Crippen LogP contribution >= 0.6 is 11.6 Å². The molecule has 176 valence electrons. The molecule has 0 unspecified atom stereocenters. The van der Waals surface area contributed by atoms with Crippen LogP contribution in [0.25, 0.3) is 16.8 Å². The number of hydrogen-bond donors (Lipinski definition) is 0. The van der Waals surface area contributed by atoms with E-state index in [0.29, 0.717) is 24.6 Å². The molecule has 0 saturated carbocycles. The van der Waals surface area contributed by atoms with Gasteiger partial charge in [-0.25, -0.2) is 4.98 Å². The fraction of sp³-hybridized carbons (Fsp3) is 0.280. The van der Waals surface area contributed by atoms with E-state index in [1.807, 2.05) is 12.1 Å². The molecule has 4 heterocycles. The van der Waals surface area contributed by atoms with Gasteiger partial charge in [0.1, 0.15) is 5.15 Å². The van der Waals surface area contributed by atoms with Crippen molar-refractivity contribution in [3.05, 3.63) is 82.7 Å². The predicted octanol–water partition coefficient (Wildman–Crippen LogP) is 6.59. The highest BCUT2D eigenvalue weighted by atomic mass is 35.5. The number of imidazole rings is 1. The lowest BCUT2D eigenvalue weighted by molar-refractivity contribution is -0.136. The first kappa shape index (κ1) is 22.5. The lowest BCUT2D eigenvalue weighted by Crippen LogP contribution is -2.38. The molecule has 0 N–H and O–H groups in total. The van der Waals surface area contributed by atoms with Gasteiger partial charge in [-0.1, -0.05) is 35.9 Å². The molecular formula is C25H21ClF3N3O2. The Morgan fingerprint density at radius 1 is 1.15 bits per heavy atom. The minimum Gasteiger partial charge on any atom is -0.472 e. The number of pyridine rings is 1. The van der Waals surface area contributed by atoms with E-state index in [-0.39, 0.29) is 16.4 Å². The largest absolute Gasteiger partial charge is 0.472 e. The van der Waals surface area contributed by atoms with Crippen molar-refractivity contribution >= 4 is 23.2 Å². The number of alkyl halides is 3. The molecule has 0 atom stereocenters. The first-order valence-electron chi connectivity index (χ1n) is 10.9. The Labute approximate surface area is 198 Å². The summed E-state index contributed by atoms with van der Waals surface area (Å²) in [5.74, 6) is -0.133. The van der Waals surface area contributed by atoms with Gasteiger partial charge in [0, 0.05) is 30.4 Å². The van der Waals surface area contributed by atoms with Crippen LogP contribution in [-0.2, 0) is 6.18 Å². The summed E-state index contributed by atoms with van der Waals surface area (Å²) in [6.45, 7) is 3.03. The van der Waals surface area contributed by atoms with E-state index in [4.69, 9.17) is 16.0 Å². The van der Waals surface area contributed by atoms with Gasteiger partial charge in [0.2, 0.25) is 0 Å². The summed E-state index contributed by atoms with van der Waals surface area (Å²) in [5.41, 5.74) is 1.65. The minimum atomic E-state index is -4.68. The summed E-state index contributed by atoms with van der Waals surface area (Å²) < 4.78 is 47.7. The molecule has 1 fully saturated rings. The average molecular weight is 488 g/mol. The normalized spacial score (nSPS) is 15.3. The van der Waals surface area contributed by atoms with Crippen molar-refractivity contribution in [1.29, 1.82) is 0 Å². The number of aryl methyl sites for hydroxylation is 1. The topological polar surface area (TPSA) is 50.8 Å². The molecule has 34 heavy (non-hydrogen) atoms. The number of fused-ring (bicyclic) bond motifs is 1. The number of piperidine rings is 1. The van der Waals surface area contributed by atoms with Crippen molar-refractivity contribution in [3.63, 3.8) is 0 Å². The number of hydrogen-bond acceptors (Lipinski definition) is 3. The summed E-state index contributed by atoms with van der Waals surface area (Å²) in [6, 6.07) is 10.7. The van der Waals surface area contributed by atoms with E-state index in [1.165, 1.54) is 29.9 Å².